The summed E-state index contributed by atoms with van der Waals surface area (Å²) in [6.45, 7) is 3.44. The Bertz CT molecular complexity index is 1140. The fourth-order valence-corrected chi connectivity index (χ4v) is 4.66. The third-order valence-electron chi connectivity index (χ3n) is 6.37. The number of fused-ring (bicyclic) bond motifs is 2. The summed E-state index contributed by atoms with van der Waals surface area (Å²) in [5.41, 5.74) is 2.17. The highest BCUT2D eigenvalue weighted by molar-refractivity contribution is 5.89. The van der Waals surface area contributed by atoms with Gasteiger partial charge < -0.3 is 15.0 Å². The van der Waals surface area contributed by atoms with Crippen LogP contribution in [0.2, 0.25) is 0 Å². The minimum atomic E-state index is -0.477. The monoisotopic (exact) mass is 429 g/mol. The number of amides is 2. The topological polar surface area (TPSA) is 61.9 Å². The predicted molar refractivity (Wildman–Crippen MR) is 123 cm³/mol. The summed E-state index contributed by atoms with van der Waals surface area (Å²) < 4.78 is 5.80. The smallest absolute Gasteiger partial charge is 0.237 e. The van der Waals surface area contributed by atoms with Crippen molar-refractivity contribution in [1.82, 2.24) is 15.1 Å². The maximum Gasteiger partial charge on any atom is 0.237 e. The molecule has 0 radical (unpaired) electrons. The maximum absolute atomic E-state index is 13.2. The molecule has 6 heteroatoms. The molecule has 1 fully saturated rings. The molecule has 32 heavy (non-hydrogen) atoms. The number of benzene rings is 3. The van der Waals surface area contributed by atoms with Crippen molar-refractivity contribution >= 4 is 22.6 Å². The predicted octanol–water partition coefficient (Wildman–Crippen LogP) is 2.95. The molecular formula is C26H27N3O3. The van der Waals surface area contributed by atoms with Crippen LogP contribution in [0, 0.1) is 0 Å². The fourth-order valence-electron chi connectivity index (χ4n) is 4.66. The molecular weight excluding hydrogens is 402 g/mol. The Labute approximate surface area is 187 Å². The Kier molecular flexibility index (Phi) is 5.77. The molecule has 1 atom stereocenters. The quantitative estimate of drug-likeness (QED) is 0.693. The van der Waals surface area contributed by atoms with E-state index in [0.29, 0.717) is 32.8 Å². The van der Waals surface area contributed by atoms with Crippen molar-refractivity contribution in [2.45, 2.75) is 25.6 Å². The Morgan fingerprint density at radius 2 is 1.81 bits per heavy atom. The van der Waals surface area contributed by atoms with Gasteiger partial charge in [0.1, 0.15) is 12.4 Å². The van der Waals surface area contributed by atoms with Gasteiger partial charge in [0.2, 0.25) is 11.8 Å². The van der Waals surface area contributed by atoms with Gasteiger partial charge in [0.25, 0.3) is 0 Å². The Balaban J connectivity index is 1.34. The van der Waals surface area contributed by atoms with Gasteiger partial charge in [-0.05, 0) is 22.4 Å². The van der Waals surface area contributed by atoms with Crippen molar-refractivity contribution in [3.63, 3.8) is 0 Å². The van der Waals surface area contributed by atoms with Gasteiger partial charge in [-0.3, -0.25) is 14.5 Å². The van der Waals surface area contributed by atoms with Crippen molar-refractivity contribution in [2.24, 2.45) is 0 Å². The maximum atomic E-state index is 13.2. The van der Waals surface area contributed by atoms with E-state index in [1.807, 2.05) is 41.3 Å². The van der Waals surface area contributed by atoms with Crippen LogP contribution >= 0.6 is 0 Å². The van der Waals surface area contributed by atoms with Crippen LogP contribution in [0.15, 0.2) is 66.7 Å². The lowest BCUT2D eigenvalue weighted by Gasteiger charge is -2.36. The minimum absolute atomic E-state index is 0.0183. The lowest BCUT2D eigenvalue weighted by molar-refractivity contribution is -0.139. The highest BCUT2D eigenvalue weighted by Crippen LogP contribution is 2.25. The molecule has 2 aliphatic rings. The zero-order valence-corrected chi connectivity index (χ0v) is 18.0. The van der Waals surface area contributed by atoms with Crippen LogP contribution in [-0.2, 0) is 22.7 Å². The van der Waals surface area contributed by atoms with E-state index in [1.54, 1.807) is 0 Å². The largest absolute Gasteiger partial charge is 0.491 e. The Hall–Kier alpha value is -3.38. The van der Waals surface area contributed by atoms with Crippen LogP contribution in [0.25, 0.3) is 10.8 Å². The van der Waals surface area contributed by atoms with E-state index in [4.69, 9.17) is 4.74 Å². The average Bonchev–Trinajstić information content (AvgIpc) is 3.04. The molecule has 0 aliphatic carbocycles. The first-order chi connectivity index (χ1) is 15.7. The van der Waals surface area contributed by atoms with Gasteiger partial charge in [-0.15, -0.1) is 0 Å². The molecule has 5 rings (SSSR count). The highest BCUT2D eigenvalue weighted by Gasteiger charge is 2.33. The number of hydrogen-bond acceptors (Lipinski definition) is 4. The second kappa shape index (κ2) is 9.01. The molecule has 0 aromatic heterocycles. The highest BCUT2D eigenvalue weighted by atomic mass is 16.5. The number of piperazine rings is 1. The zero-order chi connectivity index (χ0) is 21.9. The average molecular weight is 430 g/mol. The van der Waals surface area contributed by atoms with Crippen LogP contribution in [-0.4, -0.2) is 53.9 Å². The second-order valence-corrected chi connectivity index (χ2v) is 8.39. The molecule has 0 saturated carbocycles. The molecule has 0 bridgehead atoms. The van der Waals surface area contributed by atoms with Crippen LogP contribution < -0.4 is 10.1 Å². The standard InChI is InChI=1S/C26H27N3O3/c30-25(29-14-15-32-24-11-4-2-7-21(24)18-29)16-23-26(31)27-12-13-28(23)17-20-9-5-8-19-6-1-3-10-22(19)20/h1-11,23H,12-18H2,(H,27,31). The van der Waals surface area contributed by atoms with Gasteiger partial charge in [0, 0.05) is 31.7 Å². The zero-order valence-electron chi connectivity index (χ0n) is 18.0. The van der Waals surface area contributed by atoms with Gasteiger partial charge in [0.05, 0.1) is 19.0 Å². The molecule has 164 valence electrons. The van der Waals surface area contributed by atoms with Gasteiger partial charge in [-0.25, -0.2) is 0 Å². The van der Waals surface area contributed by atoms with Gasteiger partial charge in [0.15, 0.2) is 0 Å². The summed E-state index contributed by atoms with van der Waals surface area (Å²) in [6.07, 6.45) is 0.165. The molecule has 3 aromatic carbocycles. The van der Waals surface area contributed by atoms with Crippen molar-refractivity contribution in [3.05, 3.63) is 77.9 Å². The number of para-hydroxylation sites is 1. The molecule has 3 aromatic rings. The lowest BCUT2D eigenvalue weighted by atomic mass is 10.0. The normalized spacial score (nSPS) is 19.1. The summed E-state index contributed by atoms with van der Waals surface area (Å²) in [6, 6.07) is 21.9. The van der Waals surface area contributed by atoms with Crippen molar-refractivity contribution in [1.29, 1.82) is 0 Å². The van der Waals surface area contributed by atoms with Gasteiger partial charge >= 0.3 is 0 Å². The first-order valence-electron chi connectivity index (χ1n) is 11.2. The van der Waals surface area contributed by atoms with Crippen molar-refractivity contribution < 1.29 is 14.3 Å². The minimum Gasteiger partial charge on any atom is -0.491 e. The molecule has 1 saturated heterocycles. The molecule has 0 spiro atoms. The molecule has 2 amide bonds. The first kappa shape index (κ1) is 20.5. The second-order valence-electron chi connectivity index (χ2n) is 8.39. The van der Waals surface area contributed by atoms with Crippen molar-refractivity contribution in [2.75, 3.05) is 26.2 Å². The van der Waals surface area contributed by atoms with Crippen LogP contribution in [0.4, 0.5) is 0 Å². The van der Waals surface area contributed by atoms with E-state index in [1.165, 1.54) is 16.3 Å². The van der Waals surface area contributed by atoms with E-state index >= 15 is 0 Å². The summed E-state index contributed by atoms with van der Waals surface area (Å²) in [7, 11) is 0. The summed E-state index contributed by atoms with van der Waals surface area (Å²) in [5, 5.41) is 5.32. The third-order valence-corrected chi connectivity index (χ3v) is 6.37. The van der Waals surface area contributed by atoms with Crippen LogP contribution in [0.3, 0.4) is 0 Å². The SMILES string of the molecule is O=C1NCCN(Cc2cccc3ccccc23)C1CC(=O)N1CCOc2ccccc2C1. The van der Waals surface area contributed by atoms with Gasteiger partial charge in [-0.1, -0.05) is 60.7 Å². The summed E-state index contributed by atoms with van der Waals surface area (Å²) in [4.78, 5) is 30.0. The Morgan fingerprint density at radius 3 is 2.75 bits per heavy atom. The molecule has 2 aliphatic heterocycles. The van der Waals surface area contributed by atoms with E-state index in [0.717, 1.165) is 17.9 Å². The number of nitrogens with zero attached hydrogens (tertiary/aromatic N) is 2. The number of carbonyl (C=O) groups is 2. The van der Waals surface area contributed by atoms with Gasteiger partial charge in [-0.2, -0.15) is 0 Å². The molecule has 1 unspecified atom stereocenters. The number of ether oxygens (including phenoxy) is 1. The molecule has 1 N–H and O–H groups in total. The van der Waals surface area contributed by atoms with Crippen LogP contribution in [0.1, 0.15) is 17.5 Å². The first-order valence-corrected chi connectivity index (χ1v) is 11.2. The summed E-state index contributed by atoms with van der Waals surface area (Å²) in [5.74, 6) is 0.738. The number of rotatable bonds is 4. The Morgan fingerprint density at radius 1 is 1.00 bits per heavy atom. The number of hydrogen-bond donors (Lipinski definition) is 1. The van der Waals surface area contributed by atoms with Crippen molar-refractivity contribution in [3.8, 4) is 5.75 Å². The van der Waals surface area contributed by atoms with E-state index < -0.39 is 6.04 Å². The lowest BCUT2D eigenvalue weighted by Crippen LogP contribution is -2.56. The number of carbonyl (C=O) groups excluding carboxylic acids is 2. The van der Waals surface area contributed by atoms with E-state index in [2.05, 4.69) is 40.5 Å². The fraction of sp³-hybridized carbons (Fsp3) is 0.308. The van der Waals surface area contributed by atoms with E-state index in [-0.39, 0.29) is 18.2 Å². The summed E-state index contributed by atoms with van der Waals surface area (Å²) >= 11 is 0. The number of nitrogens with one attached hydrogen (secondary N) is 1. The third kappa shape index (κ3) is 4.18. The van der Waals surface area contributed by atoms with E-state index in [9.17, 15) is 9.59 Å². The van der Waals surface area contributed by atoms with Crippen LogP contribution in [0.5, 0.6) is 5.75 Å². The molecule has 2 heterocycles. The molecule has 6 nitrogen and oxygen atoms in total.